The molecule has 0 saturated carbocycles. The largest absolute Gasteiger partial charge is 0.394 e. The Morgan fingerprint density at radius 3 is 1.75 bits per heavy atom. The summed E-state index contributed by atoms with van der Waals surface area (Å²) in [6.07, 6.45) is 16.6. The maximum atomic E-state index is 9.00. The van der Waals surface area contributed by atoms with Crippen LogP contribution in [0.3, 0.4) is 0 Å². The average Bonchev–Trinajstić information content (AvgIpc) is 2.73. The van der Waals surface area contributed by atoms with Crippen molar-refractivity contribution < 1.29 is 14.6 Å². The molecule has 28 heavy (non-hydrogen) atoms. The zero-order chi connectivity index (χ0) is 20.3. The normalized spacial score (nSPS) is 12.4. The molecule has 1 aromatic carbocycles. The lowest BCUT2D eigenvalue weighted by atomic mass is 10.0. The first-order valence-corrected chi connectivity index (χ1v) is 11.6. The van der Waals surface area contributed by atoms with Crippen LogP contribution in [0.5, 0.6) is 0 Å². The Kier molecular flexibility index (Phi) is 16.3. The second kappa shape index (κ2) is 18.1. The number of aliphatic hydroxyl groups excluding tert-OH is 1. The molecule has 1 rings (SSSR count). The van der Waals surface area contributed by atoms with Gasteiger partial charge >= 0.3 is 0 Å². The van der Waals surface area contributed by atoms with E-state index in [0.717, 1.165) is 13.0 Å². The summed E-state index contributed by atoms with van der Waals surface area (Å²) in [4.78, 5) is 0. The van der Waals surface area contributed by atoms with Crippen LogP contribution in [0.15, 0.2) is 24.3 Å². The van der Waals surface area contributed by atoms with Crippen molar-refractivity contribution in [3.8, 4) is 0 Å². The summed E-state index contributed by atoms with van der Waals surface area (Å²) >= 11 is 0. The smallest absolute Gasteiger partial charge is 0.103 e. The number of unbranched alkanes of at least 4 members (excludes halogenated alkanes) is 9. The average molecular weight is 393 g/mol. The third-order valence-electron chi connectivity index (χ3n) is 5.44. The van der Waals surface area contributed by atoms with Crippen LogP contribution in [0.2, 0.25) is 0 Å². The number of aryl methyl sites for hydroxylation is 2. The van der Waals surface area contributed by atoms with E-state index in [1.165, 1.54) is 88.2 Å². The molecular formula is C25H44O3. The topological polar surface area (TPSA) is 38.7 Å². The van der Waals surface area contributed by atoms with Gasteiger partial charge in [0.25, 0.3) is 0 Å². The zero-order valence-electron chi connectivity index (χ0n) is 18.5. The Hall–Kier alpha value is -0.900. The van der Waals surface area contributed by atoms with Crippen LogP contribution < -0.4 is 0 Å². The highest BCUT2D eigenvalue weighted by Crippen LogP contribution is 2.13. The molecule has 0 aliphatic rings. The van der Waals surface area contributed by atoms with E-state index >= 15 is 0 Å². The van der Waals surface area contributed by atoms with Gasteiger partial charge in [0.15, 0.2) is 0 Å². The van der Waals surface area contributed by atoms with Crippen molar-refractivity contribution in [1.29, 1.82) is 0 Å². The van der Waals surface area contributed by atoms with Crippen molar-refractivity contribution in [2.75, 3.05) is 26.9 Å². The Bertz CT molecular complexity index is 440. The number of hydrogen-bond donors (Lipinski definition) is 1. The monoisotopic (exact) mass is 392 g/mol. The van der Waals surface area contributed by atoms with Crippen LogP contribution in [-0.4, -0.2) is 38.1 Å². The highest BCUT2D eigenvalue weighted by Gasteiger charge is 2.04. The van der Waals surface area contributed by atoms with Gasteiger partial charge in [0.05, 0.1) is 13.2 Å². The number of rotatable bonds is 19. The van der Waals surface area contributed by atoms with Crippen molar-refractivity contribution in [2.24, 2.45) is 0 Å². The molecular weight excluding hydrogens is 348 g/mol. The fraction of sp³-hybridized carbons (Fsp3) is 0.760. The van der Waals surface area contributed by atoms with E-state index in [2.05, 4.69) is 31.2 Å². The van der Waals surface area contributed by atoms with Crippen LogP contribution in [0, 0.1) is 0 Å². The summed E-state index contributed by atoms with van der Waals surface area (Å²) in [7, 11) is 1.60. The third kappa shape index (κ3) is 13.3. The number of aliphatic hydroxyl groups is 1. The SMILES string of the molecule is CCCCCCCCc1ccc(CCCCCCCOCC(CO)OC)cc1. The molecule has 0 fully saturated rings. The Morgan fingerprint density at radius 1 is 0.750 bits per heavy atom. The molecule has 0 amide bonds. The minimum Gasteiger partial charge on any atom is -0.394 e. The minimum absolute atomic E-state index is 0.0243. The first-order valence-electron chi connectivity index (χ1n) is 11.6. The van der Waals surface area contributed by atoms with Gasteiger partial charge < -0.3 is 14.6 Å². The van der Waals surface area contributed by atoms with E-state index in [4.69, 9.17) is 14.6 Å². The molecule has 0 aliphatic carbocycles. The molecule has 0 heterocycles. The lowest BCUT2D eigenvalue weighted by molar-refractivity contribution is -0.0205. The van der Waals surface area contributed by atoms with Gasteiger partial charge in [0, 0.05) is 13.7 Å². The predicted molar refractivity (Wildman–Crippen MR) is 119 cm³/mol. The third-order valence-corrected chi connectivity index (χ3v) is 5.44. The molecule has 0 spiro atoms. The maximum Gasteiger partial charge on any atom is 0.103 e. The van der Waals surface area contributed by atoms with Crippen LogP contribution >= 0.6 is 0 Å². The van der Waals surface area contributed by atoms with E-state index < -0.39 is 0 Å². The number of ether oxygens (including phenoxy) is 2. The van der Waals surface area contributed by atoms with Gasteiger partial charge in [-0.1, -0.05) is 82.6 Å². The molecule has 1 N–H and O–H groups in total. The second-order valence-electron chi connectivity index (χ2n) is 7.97. The van der Waals surface area contributed by atoms with Gasteiger partial charge in [-0.05, 0) is 43.2 Å². The predicted octanol–water partition coefficient (Wildman–Crippen LogP) is 6.11. The van der Waals surface area contributed by atoms with Crippen molar-refractivity contribution in [1.82, 2.24) is 0 Å². The molecule has 1 unspecified atom stereocenters. The number of methoxy groups -OCH3 is 1. The van der Waals surface area contributed by atoms with Crippen molar-refractivity contribution >= 4 is 0 Å². The number of hydrogen-bond acceptors (Lipinski definition) is 3. The van der Waals surface area contributed by atoms with Gasteiger partial charge in [-0.3, -0.25) is 0 Å². The molecule has 0 radical (unpaired) electrons. The van der Waals surface area contributed by atoms with Crippen LogP contribution in [0.25, 0.3) is 0 Å². The Morgan fingerprint density at radius 2 is 1.25 bits per heavy atom. The lowest BCUT2D eigenvalue weighted by Gasteiger charge is -2.12. The van der Waals surface area contributed by atoms with Crippen LogP contribution in [0.1, 0.15) is 88.7 Å². The summed E-state index contributed by atoms with van der Waals surface area (Å²) in [5, 5.41) is 9.00. The molecule has 0 saturated heterocycles. The molecule has 0 aliphatic heterocycles. The van der Waals surface area contributed by atoms with E-state index in [-0.39, 0.29) is 12.7 Å². The first kappa shape index (κ1) is 25.1. The molecule has 3 heteroatoms. The molecule has 3 nitrogen and oxygen atoms in total. The molecule has 0 aromatic heterocycles. The highest BCUT2D eigenvalue weighted by atomic mass is 16.5. The van der Waals surface area contributed by atoms with Gasteiger partial charge in [-0.2, -0.15) is 0 Å². The van der Waals surface area contributed by atoms with E-state index in [0.29, 0.717) is 6.61 Å². The Balaban J connectivity index is 1.97. The summed E-state index contributed by atoms with van der Waals surface area (Å²) in [6, 6.07) is 9.32. The summed E-state index contributed by atoms with van der Waals surface area (Å²) < 4.78 is 10.6. The zero-order valence-corrected chi connectivity index (χ0v) is 18.5. The summed E-state index contributed by atoms with van der Waals surface area (Å²) in [5.74, 6) is 0. The van der Waals surface area contributed by atoms with Crippen LogP contribution in [0.4, 0.5) is 0 Å². The van der Waals surface area contributed by atoms with Crippen molar-refractivity contribution in [2.45, 2.75) is 96.5 Å². The van der Waals surface area contributed by atoms with E-state index in [1.54, 1.807) is 7.11 Å². The van der Waals surface area contributed by atoms with Gasteiger partial charge in [-0.15, -0.1) is 0 Å². The van der Waals surface area contributed by atoms with Gasteiger partial charge in [-0.25, -0.2) is 0 Å². The molecule has 1 aromatic rings. The van der Waals surface area contributed by atoms with E-state index in [1.807, 2.05) is 0 Å². The molecule has 1 atom stereocenters. The molecule has 0 bridgehead atoms. The molecule has 162 valence electrons. The quantitative estimate of drug-likeness (QED) is 0.289. The van der Waals surface area contributed by atoms with Crippen molar-refractivity contribution in [3.05, 3.63) is 35.4 Å². The standard InChI is InChI=1S/C25H44O3/c1-3-4-5-6-8-11-14-23-16-18-24(19-17-23)15-12-9-7-10-13-20-28-22-25(21-26)27-2/h16-19,25-26H,3-15,20-22H2,1-2H3. The van der Waals surface area contributed by atoms with E-state index in [9.17, 15) is 0 Å². The van der Waals surface area contributed by atoms with Gasteiger partial charge in [0.1, 0.15) is 6.10 Å². The fourth-order valence-electron chi connectivity index (χ4n) is 3.46. The lowest BCUT2D eigenvalue weighted by Crippen LogP contribution is -2.22. The summed E-state index contributed by atoms with van der Waals surface area (Å²) in [5.41, 5.74) is 2.97. The number of benzene rings is 1. The van der Waals surface area contributed by atoms with Crippen molar-refractivity contribution in [3.63, 3.8) is 0 Å². The summed E-state index contributed by atoms with van der Waals surface area (Å²) in [6.45, 7) is 3.55. The highest BCUT2D eigenvalue weighted by molar-refractivity contribution is 5.22. The first-order chi connectivity index (χ1) is 13.8. The fourth-order valence-corrected chi connectivity index (χ4v) is 3.46. The van der Waals surface area contributed by atoms with Gasteiger partial charge in [0.2, 0.25) is 0 Å². The van der Waals surface area contributed by atoms with Crippen LogP contribution in [-0.2, 0) is 22.3 Å². The second-order valence-corrected chi connectivity index (χ2v) is 7.97. The minimum atomic E-state index is -0.183. The maximum absolute atomic E-state index is 9.00. The Labute approximate surface area is 173 Å².